The van der Waals surface area contributed by atoms with Gasteiger partial charge < -0.3 is 24.3 Å². The molecule has 0 saturated heterocycles. The summed E-state index contributed by atoms with van der Waals surface area (Å²) in [4.78, 5) is 17.6. The number of urea groups is 1. The van der Waals surface area contributed by atoms with Gasteiger partial charge in [0, 0.05) is 22.7 Å². The van der Waals surface area contributed by atoms with Crippen molar-refractivity contribution in [2.24, 2.45) is 0 Å². The smallest absolute Gasteiger partial charge is 0.323 e. The predicted molar refractivity (Wildman–Crippen MR) is 147 cm³/mol. The van der Waals surface area contributed by atoms with Crippen molar-refractivity contribution < 1.29 is 14.3 Å². The van der Waals surface area contributed by atoms with Gasteiger partial charge in [0.15, 0.2) is 0 Å². The first-order chi connectivity index (χ1) is 18.1. The number of carbonyl (C=O) groups is 1. The van der Waals surface area contributed by atoms with Crippen LogP contribution in [0.15, 0.2) is 60.8 Å². The lowest BCUT2D eigenvalue weighted by Crippen LogP contribution is -2.38. The van der Waals surface area contributed by atoms with Crippen LogP contribution >= 0.6 is 11.3 Å². The quantitative estimate of drug-likeness (QED) is 0.324. The number of carbonyl (C=O) groups excluding carboxylic acids is 1. The third-order valence-electron chi connectivity index (χ3n) is 7.48. The molecule has 37 heavy (non-hydrogen) atoms. The summed E-state index contributed by atoms with van der Waals surface area (Å²) in [5.74, 6) is 1.25. The molecule has 2 aliphatic rings. The SMILES string of the molecule is COc1ccc(OC)c(NC(=O)N2Cc3c(sc4c3CCCC4)-n3cccc3[C@H]2c2ccc(C)cc2)c1. The van der Waals surface area contributed by atoms with E-state index in [1.807, 2.05) is 28.4 Å². The van der Waals surface area contributed by atoms with Gasteiger partial charge in [-0.1, -0.05) is 29.8 Å². The molecule has 0 saturated carbocycles. The highest BCUT2D eigenvalue weighted by molar-refractivity contribution is 7.15. The molecule has 7 heteroatoms. The number of ether oxygens (including phenoxy) is 2. The van der Waals surface area contributed by atoms with Crippen molar-refractivity contribution in [1.29, 1.82) is 0 Å². The average molecular weight is 514 g/mol. The normalized spacial score (nSPS) is 16.3. The van der Waals surface area contributed by atoms with Crippen LogP contribution in [0.1, 0.15) is 51.7 Å². The zero-order chi connectivity index (χ0) is 25.5. The Balaban J connectivity index is 1.48. The summed E-state index contributed by atoms with van der Waals surface area (Å²) < 4.78 is 13.3. The van der Waals surface area contributed by atoms with E-state index in [2.05, 4.69) is 59.4 Å². The number of nitrogens with zero attached hydrogens (tertiary/aromatic N) is 2. The average Bonchev–Trinajstić information content (AvgIpc) is 3.51. The number of benzene rings is 2. The molecular weight excluding hydrogens is 482 g/mol. The number of nitrogens with one attached hydrogen (secondary N) is 1. The summed E-state index contributed by atoms with van der Waals surface area (Å²) in [5, 5.41) is 4.40. The van der Waals surface area contributed by atoms with Crippen LogP contribution in [0, 0.1) is 6.92 Å². The molecule has 1 atom stereocenters. The second-order valence-corrected chi connectivity index (χ2v) is 10.8. The van der Waals surface area contributed by atoms with Gasteiger partial charge >= 0.3 is 6.03 Å². The zero-order valence-corrected chi connectivity index (χ0v) is 22.2. The van der Waals surface area contributed by atoms with E-state index >= 15 is 0 Å². The number of hydrogen-bond donors (Lipinski definition) is 1. The molecule has 1 aliphatic heterocycles. The van der Waals surface area contributed by atoms with Crippen LogP contribution in [0.4, 0.5) is 10.5 Å². The minimum atomic E-state index is -0.244. The van der Waals surface area contributed by atoms with Crippen molar-refractivity contribution in [3.63, 3.8) is 0 Å². The molecule has 2 aromatic carbocycles. The molecule has 1 N–H and O–H groups in total. The Morgan fingerprint density at radius 2 is 1.81 bits per heavy atom. The summed E-state index contributed by atoms with van der Waals surface area (Å²) in [6, 6.07) is 17.8. The summed E-state index contributed by atoms with van der Waals surface area (Å²) in [5.41, 5.74) is 6.67. The Bertz CT molecular complexity index is 1450. The lowest BCUT2D eigenvalue weighted by Gasteiger charge is -2.31. The number of thiophene rings is 1. The van der Waals surface area contributed by atoms with Crippen molar-refractivity contribution in [2.75, 3.05) is 19.5 Å². The molecule has 0 fully saturated rings. The Kier molecular flexibility index (Phi) is 6.16. The molecule has 2 amide bonds. The number of fused-ring (bicyclic) bond motifs is 5. The van der Waals surface area contributed by atoms with E-state index in [0.717, 1.165) is 24.1 Å². The fourth-order valence-electron chi connectivity index (χ4n) is 5.58. The number of anilines is 1. The fraction of sp³-hybridized carbons (Fsp3) is 0.300. The van der Waals surface area contributed by atoms with Crippen LogP contribution in [-0.2, 0) is 19.4 Å². The molecule has 4 aromatic rings. The van der Waals surface area contributed by atoms with Gasteiger partial charge in [-0.05, 0) is 68.0 Å². The van der Waals surface area contributed by atoms with Crippen LogP contribution in [0.25, 0.3) is 5.00 Å². The molecule has 1 aliphatic carbocycles. The van der Waals surface area contributed by atoms with E-state index in [1.54, 1.807) is 20.3 Å². The van der Waals surface area contributed by atoms with Crippen molar-refractivity contribution >= 4 is 23.1 Å². The minimum Gasteiger partial charge on any atom is -0.497 e. The third kappa shape index (κ3) is 4.17. The molecule has 0 spiro atoms. The lowest BCUT2D eigenvalue weighted by atomic mass is 9.95. The van der Waals surface area contributed by atoms with Gasteiger partial charge in [-0.3, -0.25) is 0 Å². The molecule has 6 nitrogen and oxygen atoms in total. The maximum absolute atomic E-state index is 14.2. The second-order valence-electron chi connectivity index (χ2n) is 9.74. The molecular formula is C30H31N3O3S. The number of methoxy groups -OCH3 is 2. The lowest BCUT2D eigenvalue weighted by molar-refractivity contribution is 0.194. The van der Waals surface area contributed by atoms with Crippen LogP contribution in [0.3, 0.4) is 0 Å². The highest BCUT2D eigenvalue weighted by atomic mass is 32.1. The highest BCUT2D eigenvalue weighted by Crippen LogP contribution is 2.44. The first-order valence-electron chi connectivity index (χ1n) is 12.7. The maximum atomic E-state index is 14.2. The molecule has 6 rings (SSSR count). The summed E-state index contributed by atoms with van der Waals surface area (Å²) in [6.07, 6.45) is 6.77. The van der Waals surface area contributed by atoms with E-state index in [-0.39, 0.29) is 12.1 Å². The number of rotatable bonds is 4. The zero-order valence-electron chi connectivity index (χ0n) is 21.4. The summed E-state index contributed by atoms with van der Waals surface area (Å²) >= 11 is 1.89. The summed E-state index contributed by atoms with van der Waals surface area (Å²) in [6.45, 7) is 2.63. The Morgan fingerprint density at radius 1 is 1.00 bits per heavy atom. The van der Waals surface area contributed by atoms with Gasteiger partial charge in [-0.2, -0.15) is 0 Å². The fourth-order valence-corrected chi connectivity index (χ4v) is 6.99. The summed E-state index contributed by atoms with van der Waals surface area (Å²) in [7, 11) is 3.22. The van der Waals surface area contributed by atoms with Gasteiger partial charge in [0.1, 0.15) is 16.5 Å². The largest absolute Gasteiger partial charge is 0.497 e. The molecule has 2 aromatic heterocycles. The van der Waals surface area contributed by atoms with E-state index < -0.39 is 0 Å². The topological polar surface area (TPSA) is 55.7 Å². The second kappa shape index (κ2) is 9.63. The number of amides is 2. The highest BCUT2D eigenvalue weighted by Gasteiger charge is 2.36. The molecule has 0 bridgehead atoms. The van der Waals surface area contributed by atoms with E-state index in [0.29, 0.717) is 23.7 Å². The van der Waals surface area contributed by atoms with Crippen molar-refractivity contribution in [3.05, 3.63) is 93.6 Å². The van der Waals surface area contributed by atoms with Crippen molar-refractivity contribution in [1.82, 2.24) is 9.47 Å². The number of aromatic nitrogens is 1. The Labute approximate surface area is 221 Å². The van der Waals surface area contributed by atoms with Crippen LogP contribution in [0.5, 0.6) is 11.5 Å². The number of hydrogen-bond acceptors (Lipinski definition) is 4. The predicted octanol–water partition coefficient (Wildman–Crippen LogP) is 6.88. The van der Waals surface area contributed by atoms with Crippen LogP contribution < -0.4 is 14.8 Å². The maximum Gasteiger partial charge on any atom is 0.323 e. The van der Waals surface area contributed by atoms with Crippen LogP contribution in [0.2, 0.25) is 0 Å². The van der Waals surface area contributed by atoms with Gasteiger partial charge in [-0.25, -0.2) is 4.79 Å². The molecule has 0 unspecified atom stereocenters. The van der Waals surface area contributed by atoms with E-state index in [9.17, 15) is 4.79 Å². The number of aryl methyl sites for hydroxylation is 2. The van der Waals surface area contributed by atoms with Gasteiger partial charge in [0.2, 0.25) is 0 Å². The van der Waals surface area contributed by atoms with Gasteiger partial charge in [-0.15, -0.1) is 11.3 Å². The van der Waals surface area contributed by atoms with E-state index in [1.165, 1.54) is 39.4 Å². The first kappa shape index (κ1) is 23.7. The Hall–Kier alpha value is -3.71. The molecule has 0 radical (unpaired) electrons. The molecule has 190 valence electrons. The van der Waals surface area contributed by atoms with Crippen LogP contribution in [-0.4, -0.2) is 29.7 Å². The van der Waals surface area contributed by atoms with Crippen molar-refractivity contribution in [2.45, 2.75) is 45.2 Å². The van der Waals surface area contributed by atoms with Crippen molar-refractivity contribution in [3.8, 4) is 16.5 Å². The Morgan fingerprint density at radius 3 is 2.59 bits per heavy atom. The van der Waals surface area contributed by atoms with Gasteiger partial charge in [0.05, 0.1) is 38.2 Å². The first-order valence-corrected chi connectivity index (χ1v) is 13.6. The van der Waals surface area contributed by atoms with Gasteiger partial charge in [0.25, 0.3) is 0 Å². The monoisotopic (exact) mass is 513 g/mol. The standard InChI is InChI=1S/C30H31N3O3S/c1-19-10-12-20(13-11-19)28-25-8-6-16-32(25)29-23(22-7-4-5-9-27(22)37-29)18-33(28)30(34)31-24-17-21(35-2)14-15-26(24)36-3/h6,8,10-17,28H,4-5,7,9,18H2,1-3H3,(H,31,34)/t28-/m1/s1. The third-order valence-corrected chi connectivity index (χ3v) is 8.81. The van der Waals surface area contributed by atoms with E-state index in [4.69, 9.17) is 9.47 Å². The molecule has 3 heterocycles. The minimum absolute atomic E-state index is 0.173.